The summed E-state index contributed by atoms with van der Waals surface area (Å²) in [4.78, 5) is 0. The molecule has 0 amide bonds. The molecule has 0 radical (unpaired) electrons. The minimum Gasteiger partial charge on any atom is -0.325 e. The molecule has 0 spiro atoms. The Hall–Kier alpha value is -1.68. The van der Waals surface area contributed by atoms with Gasteiger partial charge in [0.1, 0.15) is 0 Å². The molecule has 0 bridgehead atoms. The van der Waals surface area contributed by atoms with Crippen molar-refractivity contribution in [1.29, 1.82) is 0 Å². The number of aryl methyl sites for hydroxylation is 1. The molecule has 0 saturated carbocycles. The van der Waals surface area contributed by atoms with Gasteiger partial charge in [0.15, 0.2) is 0 Å². The maximum absolute atomic E-state index is 5.67. The number of aromatic nitrogens is 3. The van der Waals surface area contributed by atoms with Crippen molar-refractivity contribution in [2.45, 2.75) is 33.7 Å². The third-order valence-electron chi connectivity index (χ3n) is 3.18. The van der Waals surface area contributed by atoms with Crippen LogP contribution in [-0.2, 0) is 13.0 Å². The van der Waals surface area contributed by atoms with Crippen LogP contribution < -0.4 is 5.73 Å². The molecule has 0 unspecified atom stereocenters. The van der Waals surface area contributed by atoms with E-state index in [1.54, 1.807) is 0 Å². The van der Waals surface area contributed by atoms with Gasteiger partial charge in [-0.15, -0.1) is 5.10 Å². The second kappa shape index (κ2) is 4.67. The highest BCUT2D eigenvalue weighted by atomic mass is 15.4. The predicted molar refractivity (Wildman–Crippen MR) is 68.1 cm³/mol. The van der Waals surface area contributed by atoms with E-state index in [0.717, 1.165) is 23.5 Å². The minimum atomic E-state index is 0.439. The summed E-state index contributed by atoms with van der Waals surface area (Å²) in [6, 6.07) is 6.21. The van der Waals surface area contributed by atoms with E-state index in [1.165, 1.54) is 11.1 Å². The zero-order valence-electron chi connectivity index (χ0n) is 10.6. The molecule has 0 saturated heterocycles. The van der Waals surface area contributed by atoms with Crippen LogP contribution in [0.25, 0.3) is 5.69 Å². The van der Waals surface area contributed by atoms with Crippen LogP contribution in [-0.4, -0.2) is 15.0 Å². The fourth-order valence-electron chi connectivity index (χ4n) is 2.00. The maximum atomic E-state index is 5.67. The number of benzene rings is 1. The van der Waals surface area contributed by atoms with Crippen LogP contribution in [0.5, 0.6) is 0 Å². The predicted octanol–water partition coefficient (Wildman–Crippen LogP) is 1.91. The van der Waals surface area contributed by atoms with Crippen LogP contribution in [0.15, 0.2) is 18.2 Å². The molecule has 0 fully saturated rings. The van der Waals surface area contributed by atoms with Crippen LogP contribution in [0.2, 0.25) is 0 Å². The molecule has 4 heteroatoms. The lowest BCUT2D eigenvalue weighted by molar-refractivity contribution is 0.762. The van der Waals surface area contributed by atoms with E-state index in [0.29, 0.717) is 6.54 Å². The van der Waals surface area contributed by atoms with Crippen molar-refractivity contribution in [2.24, 2.45) is 5.73 Å². The number of hydrogen-bond donors (Lipinski definition) is 1. The summed E-state index contributed by atoms with van der Waals surface area (Å²) in [6.07, 6.45) is 0.882. The zero-order valence-corrected chi connectivity index (χ0v) is 10.6. The third-order valence-corrected chi connectivity index (χ3v) is 3.18. The Morgan fingerprint density at radius 3 is 2.71 bits per heavy atom. The van der Waals surface area contributed by atoms with Gasteiger partial charge in [-0.1, -0.05) is 24.3 Å². The average Bonchev–Trinajstić information content (AvgIpc) is 2.75. The summed E-state index contributed by atoms with van der Waals surface area (Å²) in [5, 5.41) is 8.36. The zero-order chi connectivity index (χ0) is 12.4. The van der Waals surface area contributed by atoms with Gasteiger partial charge in [-0.2, -0.15) is 0 Å². The molecule has 0 aliphatic rings. The second-order valence-corrected chi connectivity index (χ2v) is 4.17. The van der Waals surface area contributed by atoms with E-state index in [-0.39, 0.29) is 0 Å². The SMILES string of the molecule is CCc1c(CN)nnn1-c1cccc(C)c1C. The fourth-order valence-corrected chi connectivity index (χ4v) is 2.00. The summed E-state index contributed by atoms with van der Waals surface area (Å²) >= 11 is 0. The van der Waals surface area contributed by atoms with Gasteiger partial charge in [-0.3, -0.25) is 0 Å². The Bertz CT molecular complexity index is 528. The molecule has 4 nitrogen and oxygen atoms in total. The summed E-state index contributed by atoms with van der Waals surface area (Å²) in [5.74, 6) is 0. The Morgan fingerprint density at radius 1 is 1.29 bits per heavy atom. The highest BCUT2D eigenvalue weighted by Gasteiger charge is 2.13. The topological polar surface area (TPSA) is 56.7 Å². The van der Waals surface area contributed by atoms with Crippen molar-refractivity contribution in [2.75, 3.05) is 0 Å². The molecule has 90 valence electrons. The van der Waals surface area contributed by atoms with E-state index in [1.807, 2.05) is 10.7 Å². The first-order chi connectivity index (χ1) is 8.19. The van der Waals surface area contributed by atoms with Crippen molar-refractivity contribution in [1.82, 2.24) is 15.0 Å². The van der Waals surface area contributed by atoms with Crippen molar-refractivity contribution in [3.63, 3.8) is 0 Å². The Kier molecular flexibility index (Phi) is 3.24. The smallest absolute Gasteiger partial charge is 0.0999 e. The quantitative estimate of drug-likeness (QED) is 0.876. The number of hydrogen-bond acceptors (Lipinski definition) is 3. The number of nitrogens with zero attached hydrogens (tertiary/aromatic N) is 3. The van der Waals surface area contributed by atoms with Crippen molar-refractivity contribution >= 4 is 0 Å². The van der Waals surface area contributed by atoms with Crippen LogP contribution >= 0.6 is 0 Å². The molecular weight excluding hydrogens is 212 g/mol. The lowest BCUT2D eigenvalue weighted by Crippen LogP contribution is -2.06. The van der Waals surface area contributed by atoms with E-state index in [9.17, 15) is 0 Å². The van der Waals surface area contributed by atoms with E-state index in [2.05, 4.69) is 43.2 Å². The summed E-state index contributed by atoms with van der Waals surface area (Å²) in [6.45, 7) is 6.74. The van der Waals surface area contributed by atoms with Gasteiger partial charge in [-0.25, -0.2) is 4.68 Å². The highest BCUT2D eigenvalue weighted by Crippen LogP contribution is 2.19. The standard InChI is InChI=1S/C13H18N4/c1-4-12-11(8-14)15-16-17(12)13-7-5-6-9(2)10(13)3/h5-7H,4,8,14H2,1-3H3. The molecule has 0 aliphatic carbocycles. The van der Waals surface area contributed by atoms with Crippen molar-refractivity contribution < 1.29 is 0 Å². The van der Waals surface area contributed by atoms with Gasteiger partial charge in [0.25, 0.3) is 0 Å². The average molecular weight is 230 g/mol. The minimum absolute atomic E-state index is 0.439. The van der Waals surface area contributed by atoms with E-state index < -0.39 is 0 Å². The Balaban J connectivity index is 2.60. The first kappa shape index (κ1) is 11.8. The van der Waals surface area contributed by atoms with Gasteiger partial charge in [-0.05, 0) is 37.5 Å². The first-order valence-corrected chi connectivity index (χ1v) is 5.89. The molecule has 1 aromatic heterocycles. The van der Waals surface area contributed by atoms with E-state index >= 15 is 0 Å². The third kappa shape index (κ3) is 1.96. The highest BCUT2D eigenvalue weighted by molar-refractivity contribution is 5.45. The molecule has 2 rings (SSSR count). The largest absolute Gasteiger partial charge is 0.325 e. The van der Waals surface area contributed by atoms with E-state index in [4.69, 9.17) is 5.73 Å². The van der Waals surface area contributed by atoms with Gasteiger partial charge in [0.2, 0.25) is 0 Å². The summed E-state index contributed by atoms with van der Waals surface area (Å²) in [7, 11) is 0. The van der Waals surface area contributed by atoms with Gasteiger partial charge < -0.3 is 5.73 Å². The molecular formula is C13H18N4. The van der Waals surface area contributed by atoms with Crippen LogP contribution in [0.1, 0.15) is 29.4 Å². The molecule has 0 aliphatic heterocycles. The van der Waals surface area contributed by atoms with Crippen molar-refractivity contribution in [3.8, 4) is 5.69 Å². The lowest BCUT2D eigenvalue weighted by Gasteiger charge is -2.10. The Labute approximate surface area is 101 Å². The monoisotopic (exact) mass is 230 g/mol. The van der Waals surface area contributed by atoms with Crippen LogP contribution in [0.3, 0.4) is 0 Å². The van der Waals surface area contributed by atoms with Crippen LogP contribution in [0, 0.1) is 13.8 Å². The van der Waals surface area contributed by atoms with Gasteiger partial charge >= 0.3 is 0 Å². The molecule has 1 heterocycles. The second-order valence-electron chi connectivity index (χ2n) is 4.17. The molecule has 1 aromatic carbocycles. The molecule has 2 N–H and O–H groups in total. The molecule has 0 atom stereocenters. The fraction of sp³-hybridized carbons (Fsp3) is 0.385. The normalized spacial score (nSPS) is 10.8. The molecule has 2 aromatic rings. The Morgan fingerprint density at radius 2 is 2.06 bits per heavy atom. The summed E-state index contributed by atoms with van der Waals surface area (Å²) < 4.78 is 1.91. The first-order valence-electron chi connectivity index (χ1n) is 5.89. The van der Waals surface area contributed by atoms with Crippen LogP contribution in [0.4, 0.5) is 0 Å². The summed E-state index contributed by atoms with van der Waals surface area (Å²) in [5.41, 5.74) is 11.2. The van der Waals surface area contributed by atoms with Gasteiger partial charge in [0, 0.05) is 6.54 Å². The van der Waals surface area contributed by atoms with Gasteiger partial charge in [0.05, 0.1) is 17.1 Å². The number of nitrogens with two attached hydrogens (primary N) is 1. The number of rotatable bonds is 3. The molecule has 17 heavy (non-hydrogen) atoms. The van der Waals surface area contributed by atoms with Crippen molar-refractivity contribution in [3.05, 3.63) is 40.7 Å². The maximum Gasteiger partial charge on any atom is 0.0999 e. The lowest BCUT2D eigenvalue weighted by atomic mass is 10.1.